The van der Waals surface area contributed by atoms with Crippen molar-refractivity contribution in [1.82, 2.24) is 9.88 Å². The Hall–Kier alpha value is -0.930. The number of hydrogen-bond donors (Lipinski definition) is 0. The average Bonchev–Trinajstić information content (AvgIpc) is 2.41. The minimum atomic E-state index is 0.712. The molecule has 1 aromatic heterocycles. The first-order valence-corrected chi connectivity index (χ1v) is 7.43. The fourth-order valence-electron chi connectivity index (χ4n) is 2.52. The molecule has 0 aliphatic carbocycles. The van der Waals surface area contributed by atoms with E-state index in [0.717, 1.165) is 12.1 Å². The van der Waals surface area contributed by atoms with E-state index < -0.39 is 0 Å². The van der Waals surface area contributed by atoms with Crippen LogP contribution in [0.4, 0.5) is 0 Å². The molecule has 2 nitrogen and oxygen atoms in total. The van der Waals surface area contributed by atoms with Gasteiger partial charge in [-0.15, -0.1) is 0 Å². The number of alkyl halides is 1. The summed E-state index contributed by atoms with van der Waals surface area (Å²) < 4.78 is 0. The molecule has 0 spiro atoms. The maximum absolute atomic E-state index is 4.53. The zero-order chi connectivity index (χ0) is 12.4. The summed E-state index contributed by atoms with van der Waals surface area (Å²) in [5.41, 5.74) is 2.40. The van der Waals surface area contributed by atoms with Crippen molar-refractivity contribution in [3.05, 3.63) is 42.1 Å². The van der Waals surface area contributed by atoms with Crippen LogP contribution in [0.25, 0.3) is 10.9 Å². The second-order valence-electron chi connectivity index (χ2n) is 4.99. The van der Waals surface area contributed by atoms with Crippen LogP contribution in [0.15, 0.2) is 36.5 Å². The number of rotatable bonds is 2. The fraction of sp³-hybridized carbons (Fsp3) is 0.400. The summed E-state index contributed by atoms with van der Waals surface area (Å²) in [6, 6.07) is 10.6. The standard InChI is InChI=1S/C15H17BrN2/c16-14-5-7-18(8-6-14)11-12-9-13-3-1-2-4-15(13)17-10-12/h1-4,9-10,14H,5-8,11H2. The van der Waals surface area contributed by atoms with Crippen LogP contribution in [-0.2, 0) is 6.54 Å². The average molecular weight is 305 g/mol. The second-order valence-corrected chi connectivity index (χ2v) is 6.28. The van der Waals surface area contributed by atoms with Gasteiger partial charge in [-0.3, -0.25) is 9.88 Å². The summed E-state index contributed by atoms with van der Waals surface area (Å²) in [5.74, 6) is 0. The van der Waals surface area contributed by atoms with Crippen molar-refractivity contribution in [2.24, 2.45) is 0 Å². The summed E-state index contributed by atoms with van der Waals surface area (Å²) in [7, 11) is 0. The lowest BCUT2D eigenvalue weighted by Gasteiger charge is -2.29. The number of hydrogen-bond acceptors (Lipinski definition) is 2. The molecule has 0 radical (unpaired) electrons. The molecule has 18 heavy (non-hydrogen) atoms. The first-order chi connectivity index (χ1) is 8.81. The molecular weight excluding hydrogens is 288 g/mol. The number of aromatic nitrogens is 1. The molecule has 1 aliphatic rings. The lowest BCUT2D eigenvalue weighted by molar-refractivity contribution is 0.226. The minimum Gasteiger partial charge on any atom is -0.299 e. The molecule has 94 valence electrons. The van der Waals surface area contributed by atoms with Gasteiger partial charge in [0.05, 0.1) is 5.52 Å². The highest BCUT2D eigenvalue weighted by molar-refractivity contribution is 9.09. The molecule has 0 unspecified atom stereocenters. The maximum Gasteiger partial charge on any atom is 0.0702 e. The van der Waals surface area contributed by atoms with Crippen LogP contribution >= 0.6 is 15.9 Å². The van der Waals surface area contributed by atoms with Crippen molar-refractivity contribution < 1.29 is 0 Å². The number of fused-ring (bicyclic) bond motifs is 1. The minimum absolute atomic E-state index is 0.712. The van der Waals surface area contributed by atoms with Gasteiger partial charge in [0, 0.05) is 23.0 Å². The van der Waals surface area contributed by atoms with Crippen molar-refractivity contribution >= 4 is 26.8 Å². The third-order valence-corrected chi connectivity index (χ3v) is 4.49. The van der Waals surface area contributed by atoms with Crippen molar-refractivity contribution in [3.8, 4) is 0 Å². The zero-order valence-corrected chi connectivity index (χ0v) is 11.9. The molecule has 0 saturated carbocycles. The highest BCUT2D eigenvalue weighted by Gasteiger charge is 2.16. The van der Waals surface area contributed by atoms with Crippen LogP contribution in [0.3, 0.4) is 0 Å². The summed E-state index contributed by atoms with van der Waals surface area (Å²) in [6.45, 7) is 3.39. The Kier molecular flexibility index (Phi) is 3.62. The molecule has 2 aromatic rings. The van der Waals surface area contributed by atoms with Crippen LogP contribution in [0.2, 0.25) is 0 Å². The lowest BCUT2D eigenvalue weighted by atomic mass is 10.1. The molecular formula is C15H17BrN2. The molecule has 0 bridgehead atoms. The van der Waals surface area contributed by atoms with E-state index in [-0.39, 0.29) is 0 Å². The summed E-state index contributed by atoms with van der Waals surface area (Å²) in [5, 5.41) is 1.24. The van der Waals surface area contributed by atoms with Gasteiger partial charge in [-0.1, -0.05) is 34.1 Å². The maximum atomic E-state index is 4.53. The predicted octanol–water partition coefficient (Wildman–Crippen LogP) is 3.59. The van der Waals surface area contributed by atoms with Gasteiger partial charge in [-0.25, -0.2) is 0 Å². The zero-order valence-electron chi connectivity index (χ0n) is 10.3. The van der Waals surface area contributed by atoms with E-state index in [1.54, 1.807) is 0 Å². The summed E-state index contributed by atoms with van der Waals surface area (Å²) >= 11 is 3.69. The molecule has 1 aromatic carbocycles. The van der Waals surface area contributed by atoms with E-state index >= 15 is 0 Å². The fourth-order valence-corrected chi connectivity index (χ4v) is 2.93. The number of para-hydroxylation sites is 1. The van der Waals surface area contributed by atoms with Gasteiger partial charge in [0.1, 0.15) is 0 Å². The van der Waals surface area contributed by atoms with Crippen molar-refractivity contribution in [3.63, 3.8) is 0 Å². The largest absolute Gasteiger partial charge is 0.299 e. The van der Waals surface area contributed by atoms with E-state index in [9.17, 15) is 0 Å². The van der Waals surface area contributed by atoms with Gasteiger partial charge >= 0.3 is 0 Å². The summed E-state index contributed by atoms with van der Waals surface area (Å²) in [4.78, 5) is 7.75. The van der Waals surface area contributed by atoms with Crippen molar-refractivity contribution in [2.45, 2.75) is 24.2 Å². The highest BCUT2D eigenvalue weighted by atomic mass is 79.9. The van der Waals surface area contributed by atoms with Crippen LogP contribution in [-0.4, -0.2) is 27.8 Å². The predicted molar refractivity (Wildman–Crippen MR) is 79.0 cm³/mol. The number of piperidine rings is 1. The first-order valence-electron chi connectivity index (χ1n) is 6.51. The Labute approximate surface area is 116 Å². The first kappa shape index (κ1) is 12.1. The highest BCUT2D eigenvalue weighted by Crippen LogP contribution is 2.20. The topological polar surface area (TPSA) is 16.1 Å². The van der Waals surface area contributed by atoms with Crippen LogP contribution in [0.5, 0.6) is 0 Å². The van der Waals surface area contributed by atoms with Crippen LogP contribution in [0, 0.1) is 0 Å². The Balaban J connectivity index is 1.74. The Morgan fingerprint density at radius 2 is 2.00 bits per heavy atom. The lowest BCUT2D eigenvalue weighted by Crippen LogP contribution is -2.33. The van der Waals surface area contributed by atoms with Crippen LogP contribution in [0.1, 0.15) is 18.4 Å². The normalized spacial score (nSPS) is 18.3. The third-order valence-electron chi connectivity index (χ3n) is 3.57. The van der Waals surface area contributed by atoms with E-state index in [1.807, 2.05) is 12.3 Å². The summed E-state index contributed by atoms with van der Waals surface area (Å²) in [6.07, 6.45) is 4.52. The van der Waals surface area contributed by atoms with Gasteiger partial charge in [0.15, 0.2) is 0 Å². The monoisotopic (exact) mass is 304 g/mol. The number of nitrogens with zero attached hydrogens (tertiary/aromatic N) is 2. The van der Waals surface area contributed by atoms with Gasteiger partial charge in [0.2, 0.25) is 0 Å². The second kappa shape index (κ2) is 5.37. The molecule has 1 saturated heterocycles. The molecule has 0 amide bonds. The molecule has 1 aliphatic heterocycles. The third kappa shape index (κ3) is 2.73. The van der Waals surface area contributed by atoms with Crippen molar-refractivity contribution in [1.29, 1.82) is 0 Å². The Morgan fingerprint density at radius 1 is 1.22 bits per heavy atom. The van der Waals surface area contributed by atoms with Gasteiger partial charge < -0.3 is 0 Å². The molecule has 1 fully saturated rings. The molecule has 2 heterocycles. The molecule has 0 N–H and O–H groups in total. The van der Waals surface area contributed by atoms with Gasteiger partial charge in [-0.2, -0.15) is 0 Å². The number of halogens is 1. The van der Waals surface area contributed by atoms with Gasteiger partial charge in [0.25, 0.3) is 0 Å². The SMILES string of the molecule is BrC1CCN(Cc2cnc3ccccc3c2)CC1. The quantitative estimate of drug-likeness (QED) is 0.788. The van der Waals surface area contributed by atoms with E-state index in [0.29, 0.717) is 4.83 Å². The van der Waals surface area contributed by atoms with E-state index in [2.05, 4.69) is 50.1 Å². The number of pyridine rings is 1. The van der Waals surface area contributed by atoms with Crippen molar-refractivity contribution in [2.75, 3.05) is 13.1 Å². The smallest absolute Gasteiger partial charge is 0.0702 e. The number of likely N-dealkylation sites (tertiary alicyclic amines) is 1. The Bertz CT molecular complexity index is 533. The van der Waals surface area contributed by atoms with E-state index in [4.69, 9.17) is 0 Å². The van der Waals surface area contributed by atoms with Gasteiger partial charge in [-0.05, 0) is 43.6 Å². The van der Waals surface area contributed by atoms with Crippen LogP contribution < -0.4 is 0 Å². The number of benzene rings is 1. The molecule has 3 rings (SSSR count). The molecule has 3 heteroatoms. The Morgan fingerprint density at radius 3 is 2.83 bits per heavy atom. The molecule has 0 atom stereocenters. The van der Waals surface area contributed by atoms with E-state index in [1.165, 1.54) is 36.9 Å².